The fourth-order valence-corrected chi connectivity index (χ4v) is 7.19. The van der Waals surface area contributed by atoms with Crippen LogP contribution in [0.4, 0.5) is 16.2 Å². The molecule has 4 N–H and O–H groups in total. The van der Waals surface area contributed by atoms with Gasteiger partial charge in [0.25, 0.3) is 11.1 Å². The molecular formula is C33H37N5O9S. The van der Waals surface area contributed by atoms with Crippen LogP contribution in [0.2, 0.25) is 0 Å². The number of aromatic amines is 2. The smallest absolute Gasteiger partial charge is 0.411 e. The van der Waals surface area contributed by atoms with Crippen LogP contribution >= 0.6 is 0 Å². The molecule has 2 amide bonds. The zero-order chi connectivity index (χ0) is 34.9. The molecule has 15 heteroatoms. The molecule has 1 aromatic heterocycles. The van der Waals surface area contributed by atoms with E-state index in [9.17, 15) is 32.7 Å². The Labute approximate surface area is 276 Å². The van der Waals surface area contributed by atoms with Crippen molar-refractivity contribution in [2.24, 2.45) is 0 Å². The summed E-state index contributed by atoms with van der Waals surface area (Å²) in [7, 11) is 0.475. The molecule has 0 radical (unpaired) electrons. The quantitative estimate of drug-likeness (QED) is 0.190. The predicted octanol–water partition coefficient (Wildman–Crippen LogP) is 4.05. The minimum absolute atomic E-state index is 0.0272. The Kier molecular flexibility index (Phi) is 9.52. The molecule has 1 fully saturated rings. The highest BCUT2D eigenvalue weighted by Gasteiger charge is 2.38. The Morgan fingerprint density at radius 2 is 1.65 bits per heavy atom. The number of fused-ring (bicyclic) bond motifs is 1. The topological polar surface area (TPSA) is 191 Å². The molecule has 254 valence electrons. The van der Waals surface area contributed by atoms with Crippen molar-refractivity contribution in [2.75, 3.05) is 38.0 Å². The highest BCUT2D eigenvalue weighted by atomic mass is 32.2. The number of carboxylic acid groups (broad SMARTS) is 1. The second-order valence-electron chi connectivity index (χ2n) is 11.7. The maximum absolute atomic E-state index is 14.7. The molecule has 1 aliphatic heterocycles. The van der Waals surface area contributed by atoms with Gasteiger partial charge in [-0.2, -0.15) is 0 Å². The van der Waals surface area contributed by atoms with E-state index in [4.69, 9.17) is 9.47 Å². The van der Waals surface area contributed by atoms with Gasteiger partial charge in [-0.05, 0) is 86.3 Å². The number of ether oxygens (including phenoxy) is 2. The van der Waals surface area contributed by atoms with Crippen LogP contribution in [0, 0.1) is 0 Å². The molecule has 14 nitrogen and oxygen atoms in total. The van der Waals surface area contributed by atoms with E-state index in [1.165, 1.54) is 51.6 Å². The number of carbonyl (C=O) groups excluding carboxylic acids is 1. The number of anilines is 2. The van der Waals surface area contributed by atoms with Crippen LogP contribution in [0.25, 0.3) is 10.8 Å². The van der Waals surface area contributed by atoms with Crippen molar-refractivity contribution in [1.82, 2.24) is 15.1 Å². The number of H-pyrrole nitrogens is 2. The lowest BCUT2D eigenvalue weighted by molar-refractivity contribution is -0.133. The van der Waals surface area contributed by atoms with Crippen LogP contribution in [-0.2, 0) is 14.6 Å². The Morgan fingerprint density at radius 1 is 0.958 bits per heavy atom. The summed E-state index contributed by atoms with van der Waals surface area (Å²) in [5.74, 6) is 0.393. The first-order valence-corrected chi connectivity index (χ1v) is 16.7. The highest BCUT2D eigenvalue weighted by molar-refractivity contribution is 7.92. The number of aromatic nitrogens is 2. The summed E-state index contributed by atoms with van der Waals surface area (Å²) < 4.78 is 38.0. The molecule has 5 rings (SSSR count). The fraction of sp³-hybridized carbons (Fsp3) is 0.333. The number of amides is 2. The number of nitrogens with one attached hydrogen (secondary N) is 3. The van der Waals surface area contributed by atoms with Crippen molar-refractivity contribution in [3.05, 3.63) is 86.4 Å². The largest absolute Gasteiger partial charge is 0.493 e. The number of hydrogen-bond acceptors (Lipinski definition) is 9. The van der Waals surface area contributed by atoms with E-state index in [1.54, 1.807) is 43.0 Å². The first kappa shape index (κ1) is 34.0. The average Bonchev–Trinajstić information content (AvgIpc) is 3.57. The van der Waals surface area contributed by atoms with Crippen molar-refractivity contribution < 1.29 is 32.6 Å². The maximum Gasteiger partial charge on any atom is 0.411 e. The van der Waals surface area contributed by atoms with Gasteiger partial charge in [-0.25, -0.2) is 13.2 Å². The minimum Gasteiger partial charge on any atom is -0.493 e. The zero-order valence-electron chi connectivity index (χ0n) is 27.1. The van der Waals surface area contributed by atoms with Gasteiger partial charge in [0, 0.05) is 25.0 Å². The lowest BCUT2D eigenvalue weighted by Gasteiger charge is -2.32. The minimum atomic E-state index is -3.83. The molecule has 0 aliphatic carbocycles. The molecule has 2 heterocycles. The zero-order valence-corrected chi connectivity index (χ0v) is 27.9. The number of methoxy groups -OCH3 is 2. The molecule has 2 atom stereocenters. The molecule has 0 unspecified atom stereocenters. The van der Waals surface area contributed by atoms with Gasteiger partial charge in [0.05, 0.1) is 41.2 Å². The van der Waals surface area contributed by atoms with Crippen molar-refractivity contribution in [2.45, 2.75) is 48.9 Å². The van der Waals surface area contributed by atoms with Crippen molar-refractivity contribution in [1.29, 1.82) is 0 Å². The summed E-state index contributed by atoms with van der Waals surface area (Å²) in [6, 6.07) is 12.1. The summed E-state index contributed by atoms with van der Waals surface area (Å²) in [4.78, 5) is 54.0. The van der Waals surface area contributed by atoms with Crippen LogP contribution < -0.4 is 30.8 Å². The Balaban J connectivity index is 1.64. The van der Waals surface area contributed by atoms with E-state index in [0.29, 0.717) is 47.7 Å². The molecule has 3 aromatic carbocycles. The second kappa shape index (κ2) is 13.4. The van der Waals surface area contributed by atoms with Crippen molar-refractivity contribution in [3.63, 3.8) is 0 Å². The first-order chi connectivity index (χ1) is 22.8. The normalized spacial score (nSPS) is 15.4. The fourth-order valence-electron chi connectivity index (χ4n) is 5.90. The number of hydrogen-bond donors (Lipinski definition) is 4. The standard InChI is InChI=1S/C33H37N5O9S/c1-18(2)48(44,45)28-13-10-21(37(3)33(42)43)17-24(28)25-7-6-14-38(25)32(41)29(19-8-12-26(46-4)27(15-19)47-5)34-20-9-11-22-23(16-20)31(40)36-35-30(22)39/h8-13,15-18,25,29,34H,6-7,14H2,1-5H3,(H,35,39)(H,36,40)(H,42,43)/t25-,29+/m1/s1. The van der Waals surface area contributed by atoms with E-state index in [0.717, 1.165) is 4.90 Å². The van der Waals surface area contributed by atoms with Crippen LogP contribution in [-0.4, -0.2) is 73.7 Å². The molecule has 0 spiro atoms. The molecule has 0 bridgehead atoms. The van der Waals surface area contributed by atoms with Crippen LogP contribution in [0.3, 0.4) is 0 Å². The summed E-state index contributed by atoms with van der Waals surface area (Å²) in [5.41, 5.74) is 0.430. The average molecular weight is 680 g/mol. The number of rotatable bonds is 10. The Hall–Kier alpha value is -5.31. The summed E-state index contributed by atoms with van der Waals surface area (Å²) in [6.07, 6.45) is -0.239. The van der Waals surface area contributed by atoms with Crippen LogP contribution in [0.1, 0.15) is 49.9 Å². The molecule has 1 saturated heterocycles. The van der Waals surface area contributed by atoms with E-state index < -0.39 is 50.3 Å². The second-order valence-corrected chi connectivity index (χ2v) is 14.2. The van der Waals surface area contributed by atoms with E-state index in [-0.39, 0.29) is 21.4 Å². The van der Waals surface area contributed by atoms with Gasteiger partial charge in [0.2, 0.25) is 5.91 Å². The Bertz CT molecular complexity index is 2110. The van der Waals surface area contributed by atoms with Gasteiger partial charge >= 0.3 is 6.09 Å². The van der Waals surface area contributed by atoms with E-state index >= 15 is 0 Å². The van der Waals surface area contributed by atoms with Crippen molar-refractivity contribution >= 4 is 44.0 Å². The molecule has 0 saturated carbocycles. The van der Waals surface area contributed by atoms with Crippen molar-refractivity contribution in [3.8, 4) is 11.5 Å². The number of nitrogens with zero attached hydrogens (tertiary/aromatic N) is 2. The number of likely N-dealkylation sites (tertiary alicyclic amines) is 1. The lowest BCUT2D eigenvalue weighted by atomic mass is 10.00. The highest BCUT2D eigenvalue weighted by Crippen LogP contribution is 2.41. The summed E-state index contributed by atoms with van der Waals surface area (Å²) in [6.45, 7) is 3.42. The molecule has 4 aromatic rings. The summed E-state index contributed by atoms with van der Waals surface area (Å²) >= 11 is 0. The third kappa shape index (κ3) is 6.32. The van der Waals surface area contributed by atoms with Gasteiger partial charge in [0.1, 0.15) is 6.04 Å². The molecular weight excluding hydrogens is 642 g/mol. The third-order valence-electron chi connectivity index (χ3n) is 8.59. The van der Waals surface area contributed by atoms with Gasteiger partial charge < -0.3 is 24.8 Å². The van der Waals surface area contributed by atoms with Gasteiger partial charge in [-0.3, -0.25) is 29.5 Å². The third-order valence-corrected chi connectivity index (χ3v) is 10.8. The monoisotopic (exact) mass is 679 g/mol. The summed E-state index contributed by atoms with van der Waals surface area (Å²) in [5, 5.41) is 17.0. The number of sulfone groups is 1. The number of benzene rings is 3. The Morgan fingerprint density at radius 3 is 2.29 bits per heavy atom. The molecule has 48 heavy (non-hydrogen) atoms. The lowest BCUT2D eigenvalue weighted by Crippen LogP contribution is -2.38. The first-order valence-electron chi connectivity index (χ1n) is 15.2. The maximum atomic E-state index is 14.7. The predicted molar refractivity (Wildman–Crippen MR) is 180 cm³/mol. The molecule has 1 aliphatic rings. The van der Waals surface area contributed by atoms with Gasteiger partial charge in [-0.15, -0.1) is 0 Å². The SMILES string of the molecule is COc1ccc([C@H](Nc2ccc3c(=O)[nH][nH]c(=O)c3c2)C(=O)N2CCC[C@@H]2c2cc(N(C)C(=O)O)ccc2S(=O)(=O)C(C)C)cc1OC. The van der Waals surface area contributed by atoms with E-state index in [1.807, 2.05) is 0 Å². The number of carbonyl (C=O) groups is 2. The van der Waals surface area contributed by atoms with Crippen LogP contribution in [0.15, 0.2) is 69.1 Å². The van der Waals surface area contributed by atoms with Crippen LogP contribution in [0.5, 0.6) is 11.5 Å². The van der Waals surface area contributed by atoms with Gasteiger partial charge in [0.15, 0.2) is 21.3 Å². The van der Waals surface area contributed by atoms with Gasteiger partial charge in [-0.1, -0.05) is 6.07 Å². The van der Waals surface area contributed by atoms with E-state index in [2.05, 4.69) is 15.5 Å².